The molecular formula is C21H17NO. The molecule has 0 N–H and O–H groups in total. The lowest BCUT2D eigenvalue weighted by atomic mass is 10.1. The molecule has 0 fully saturated rings. The summed E-state index contributed by atoms with van der Waals surface area (Å²) in [5, 5.41) is 2.66. The van der Waals surface area contributed by atoms with Crippen molar-refractivity contribution in [2.45, 2.75) is 19.8 Å². The van der Waals surface area contributed by atoms with Crippen LogP contribution in [0.2, 0.25) is 0 Å². The number of hydrogen-bond acceptors (Lipinski definition) is 1. The molecule has 3 aromatic carbocycles. The summed E-state index contributed by atoms with van der Waals surface area (Å²) in [6.07, 6.45) is 0. The van der Waals surface area contributed by atoms with Crippen molar-refractivity contribution in [2.24, 2.45) is 0 Å². The van der Waals surface area contributed by atoms with E-state index in [0.717, 1.165) is 19.8 Å². The van der Waals surface area contributed by atoms with E-state index >= 15 is 0 Å². The zero-order chi connectivity index (χ0) is 15.2. The number of fused-ring (bicyclic) bond motifs is 4. The van der Waals surface area contributed by atoms with E-state index in [1.54, 1.807) is 0 Å². The Morgan fingerprint density at radius 3 is 2.35 bits per heavy atom. The maximum atomic E-state index is 5.62. The molecule has 0 saturated heterocycles. The first-order valence-electron chi connectivity index (χ1n) is 8.04. The van der Waals surface area contributed by atoms with Gasteiger partial charge in [0, 0.05) is 28.4 Å². The van der Waals surface area contributed by atoms with Gasteiger partial charge in [-0.2, -0.15) is 0 Å². The minimum Gasteiger partial charge on any atom is -0.372 e. The molecule has 0 bridgehead atoms. The van der Waals surface area contributed by atoms with Gasteiger partial charge in [0.15, 0.2) is 0 Å². The number of nitrogens with zero attached hydrogens (tertiary/aromatic N) is 1. The van der Waals surface area contributed by atoms with Gasteiger partial charge in [-0.1, -0.05) is 48.5 Å². The van der Waals surface area contributed by atoms with Crippen LogP contribution in [-0.4, -0.2) is 4.57 Å². The first-order valence-corrected chi connectivity index (χ1v) is 8.04. The normalized spacial score (nSPS) is 13.7. The third kappa shape index (κ3) is 1.99. The fourth-order valence-electron chi connectivity index (χ4n) is 3.66. The summed E-state index contributed by atoms with van der Waals surface area (Å²) in [5.74, 6) is 0. The molecule has 0 aliphatic carbocycles. The lowest BCUT2D eigenvalue weighted by Gasteiger charge is -2.08. The average Bonchev–Trinajstić information content (AvgIpc) is 3.17. The SMILES string of the molecule is c1ccc(Cn2c3ccccc3c3cc4c(cc32)COC4)cc1. The minimum atomic E-state index is 0.734. The maximum absolute atomic E-state index is 5.62. The Morgan fingerprint density at radius 2 is 1.48 bits per heavy atom. The van der Waals surface area contributed by atoms with Crippen LogP contribution in [0.4, 0.5) is 0 Å². The Hall–Kier alpha value is -2.58. The standard InChI is InChI=1S/C21H17NO/c1-2-6-15(7-3-1)12-22-20-9-5-4-8-18(20)19-10-16-13-23-14-17(16)11-21(19)22/h1-11H,12-14H2. The third-order valence-corrected chi connectivity index (χ3v) is 4.79. The Morgan fingerprint density at radius 1 is 0.739 bits per heavy atom. The molecular weight excluding hydrogens is 282 g/mol. The molecule has 1 aromatic heterocycles. The molecule has 0 radical (unpaired) electrons. The molecule has 2 heterocycles. The summed E-state index contributed by atoms with van der Waals surface area (Å²) in [7, 11) is 0. The molecule has 1 aliphatic heterocycles. The molecule has 5 rings (SSSR count). The van der Waals surface area contributed by atoms with Crippen LogP contribution in [0.3, 0.4) is 0 Å². The van der Waals surface area contributed by atoms with E-state index in [-0.39, 0.29) is 0 Å². The predicted molar refractivity (Wildman–Crippen MR) is 93.5 cm³/mol. The van der Waals surface area contributed by atoms with Crippen molar-refractivity contribution < 1.29 is 4.74 Å². The monoisotopic (exact) mass is 299 g/mol. The van der Waals surface area contributed by atoms with E-state index in [9.17, 15) is 0 Å². The summed E-state index contributed by atoms with van der Waals surface area (Å²) >= 11 is 0. The molecule has 0 spiro atoms. The van der Waals surface area contributed by atoms with E-state index in [1.165, 1.54) is 38.5 Å². The van der Waals surface area contributed by atoms with Gasteiger partial charge in [0.2, 0.25) is 0 Å². The molecule has 0 atom stereocenters. The van der Waals surface area contributed by atoms with Gasteiger partial charge >= 0.3 is 0 Å². The molecule has 0 saturated carbocycles. The summed E-state index contributed by atoms with van der Waals surface area (Å²) in [6, 6.07) is 24.0. The van der Waals surface area contributed by atoms with E-state index < -0.39 is 0 Å². The highest BCUT2D eigenvalue weighted by Gasteiger charge is 2.17. The quantitative estimate of drug-likeness (QED) is 0.515. The second kappa shape index (κ2) is 4.97. The largest absolute Gasteiger partial charge is 0.372 e. The van der Waals surface area contributed by atoms with Gasteiger partial charge in [-0.15, -0.1) is 0 Å². The summed E-state index contributed by atoms with van der Waals surface area (Å²) in [5.41, 5.74) is 6.59. The first-order chi connectivity index (χ1) is 11.4. The van der Waals surface area contributed by atoms with Gasteiger partial charge in [0.05, 0.1) is 13.2 Å². The summed E-state index contributed by atoms with van der Waals surface area (Å²) in [4.78, 5) is 0. The summed E-state index contributed by atoms with van der Waals surface area (Å²) in [6.45, 7) is 2.37. The molecule has 4 aromatic rings. The summed E-state index contributed by atoms with van der Waals surface area (Å²) < 4.78 is 8.05. The molecule has 2 heteroatoms. The fraction of sp³-hybridized carbons (Fsp3) is 0.143. The van der Waals surface area contributed by atoms with Crippen LogP contribution < -0.4 is 0 Å². The molecule has 2 nitrogen and oxygen atoms in total. The van der Waals surface area contributed by atoms with Crippen molar-refractivity contribution in [3.63, 3.8) is 0 Å². The number of rotatable bonds is 2. The van der Waals surface area contributed by atoms with Crippen molar-refractivity contribution in [2.75, 3.05) is 0 Å². The Balaban J connectivity index is 1.81. The minimum absolute atomic E-state index is 0.734. The molecule has 1 aliphatic rings. The third-order valence-electron chi connectivity index (χ3n) is 4.79. The Bertz CT molecular complexity index is 1010. The highest BCUT2D eigenvalue weighted by molar-refractivity contribution is 6.08. The van der Waals surface area contributed by atoms with Crippen LogP contribution in [0.15, 0.2) is 66.7 Å². The van der Waals surface area contributed by atoms with Crippen LogP contribution in [-0.2, 0) is 24.5 Å². The van der Waals surface area contributed by atoms with E-state index in [1.807, 2.05) is 0 Å². The van der Waals surface area contributed by atoms with Gasteiger partial charge in [0.1, 0.15) is 0 Å². The highest BCUT2D eigenvalue weighted by atomic mass is 16.5. The van der Waals surface area contributed by atoms with Crippen LogP contribution in [0.1, 0.15) is 16.7 Å². The molecule has 0 amide bonds. The van der Waals surface area contributed by atoms with Gasteiger partial charge in [0.25, 0.3) is 0 Å². The van der Waals surface area contributed by atoms with Crippen molar-refractivity contribution >= 4 is 21.8 Å². The fourth-order valence-corrected chi connectivity index (χ4v) is 3.66. The highest BCUT2D eigenvalue weighted by Crippen LogP contribution is 2.34. The van der Waals surface area contributed by atoms with Crippen molar-refractivity contribution in [1.82, 2.24) is 4.57 Å². The van der Waals surface area contributed by atoms with Crippen LogP contribution in [0.25, 0.3) is 21.8 Å². The molecule has 23 heavy (non-hydrogen) atoms. The van der Waals surface area contributed by atoms with Crippen molar-refractivity contribution in [3.05, 3.63) is 83.4 Å². The Kier molecular flexibility index (Phi) is 2.79. The maximum Gasteiger partial charge on any atom is 0.0725 e. The van der Waals surface area contributed by atoms with Crippen LogP contribution in [0, 0.1) is 0 Å². The first kappa shape index (κ1) is 12.9. The molecule has 0 unspecified atom stereocenters. The second-order valence-corrected chi connectivity index (χ2v) is 6.22. The predicted octanol–water partition coefficient (Wildman–Crippen LogP) is 4.87. The van der Waals surface area contributed by atoms with Crippen LogP contribution >= 0.6 is 0 Å². The number of ether oxygens (including phenoxy) is 1. The van der Waals surface area contributed by atoms with E-state index in [0.29, 0.717) is 0 Å². The van der Waals surface area contributed by atoms with Crippen molar-refractivity contribution in [1.29, 1.82) is 0 Å². The lowest BCUT2D eigenvalue weighted by molar-refractivity contribution is 0.134. The van der Waals surface area contributed by atoms with Gasteiger partial charge in [-0.05, 0) is 34.9 Å². The second-order valence-electron chi connectivity index (χ2n) is 6.22. The van der Waals surface area contributed by atoms with Crippen molar-refractivity contribution in [3.8, 4) is 0 Å². The zero-order valence-electron chi connectivity index (χ0n) is 12.8. The van der Waals surface area contributed by atoms with Gasteiger partial charge in [-0.25, -0.2) is 0 Å². The van der Waals surface area contributed by atoms with Gasteiger partial charge < -0.3 is 9.30 Å². The topological polar surface area (TPSA) is 14.2 Å². The number of hydrogen-bond donors (Lipinski definition) is 0. The number of benzene rings is 3. The smallest absolute Gasteiger partial charge is 0.0725 e. The number of aromatic nitrogens is 1. The zero-order valence-corrected chi connectivity index (χ0v) is 12.8. The molecule has 112 valence electrons. The lowest BCUT2D eigenvalue weighted by Crippen LogP contribution is -1.99. The average molecular weight is 299 g/mol. The van der Waals surface area contributed by atoms with E-state index in [4.69, 9.17) is 4.74 Å². The van der Waals surface area contributed by atoms with Crippen LogP contribution in [0.5, 0.6) is 0 Å². The van der Waals surface area contributed by atoms with Gasteiger partial charge in [-0.3, -0.25) is 0 Å². The Labute approximate surface area is 134 Å². The van der Waals surface area contributed by atoms with E-state index in [2.05, 4.69) is 71.3 Å². The number of para-hydroxylation sites is 1.